The third kappa shape index (κ3) is 9.08. The van der Waals surface area contributed by atoms with Crippen molar-refractivity contribution in [2.24, 2.45) is 0 Å². The van der Waals surface area contributed by atoms with Gasteiger partial charge in [-0.3, -0.25) is 14.9 Å². The minimum Gasteiger partial charge on any atom is -0.405 e. The molecule has 24 heavy (non-hydrogen) atoms. The highest BCUT2D eigenvalue weighted by Crippen LogP contribution is 2.14. The number of hydrogen-bond donors (Lipinski definition) is 3. The lowest BCUT2D eigenvalue weighted by molar-refractivity contribution is -0.127. The highest BCUT2D eigenvalue weighted by Gasteiger charge is 2.33. The van der Waals surface area contributed by atoms with E-state index >= 15 is 0 Å². The van der Waals surface area contributed by atoms with Crippen molar-refractivity contribution >= 4 is 19.8 Å². The van der Waals surface area contributed by atoms with Crippen molar-refractivity contribution in [2.75, 3.05) is 13.2 Å². The number of amides is 2. The number of allylic oxidation sites excluding steroid dienone is 1. The summed E-state index contributed by atoms with van der Waals surface area (Å²) in [5.74, 6) is -0.325. The Morgan fingerprint density at radius 1 is 1.25 bits per heavy atom. The maximum Gasteiger partial charge on any atom is 0.244 e. The molecule has 138 valence electrons. The fourth-order valence-electron chi connectivity index (χ4n) is 1.97. The maximum absolute atomic E-state index is 12.8. The van der Waals surface area contributed by atoms with E-state index in [0.29, 0.717) is 13.0 Å². The molecule has 1 unspecified atom stereocenters. The van der Waals surface area contributed by atoms with Gasteiger partial charge >= 0.3 is 0 Å². The Balaban J connectivity index is 4.90. The first-order chi connectivity index (χ1) is 11.1. The number of rotatable bonds is 11. The Morgan fingerprint density at radius 2 is 1.88 bits per heavy atom. The Bertz CT molecular complexity index is 439. The van der Waals surface area contributed by atoms with Gasteiger partial charge in [0, 0.05) is 12.1 Å². The van der Waals surface area contributed by atoms with Gasteiger partial charge in [-0.15, -0.1) is 0 Å². The third-order valence-electron chi connectivity index (χ3n) is 3.68. The molecule has 7 heteroatoms. The summed E-state index contributed by atoms with van der Waals surface area (Å²) in [5, 5.41) is 8.64. The smallest absolute Gasteiger partial charge is 0.244 e. The first-order valence-electron chi connectivity index (χ1n) is 8.64. The molecule has 0 aliphatic heterocycles. The molecule has 0 saturated carbocycles. The summed E-state index contributed by atoms with van der Waals surface area (Å²) >= 11 is 0. The summed E-state index contributed by atoms with van der Waals surface area (Å²) in [6.45, 7) is 12.3. The van der Waals surface area contributed by atoms with Gasteiger partial charge in [0.25, 0.3) is 0 Å². The number of ether oxygens (including phenoxy) is 1. The summed E-state index contributed by atoms with van der Waals surface area (Å²) in [5.41, 5.74) is -1.35. The molecule has 3 N–H and O–H groups in total. The molecule has 0 heterocycles. The van der Waals surface area contributed by atoms with Gasteiger partial charge in [-0.25, -0.2) is 0 Å². The van der Waals surface area contributed by atoms with Crippen LogP contribution in [0.15, 0.2) is 12.2 Å². The van der Waals surface area contributed by atoms with Gasteiger partial charge in [-0.05, 0) is 47.5 Å². The van der Waals surface area contributed by atoms with Crippen LogP contribution < -0.4 is 15.9 Å². The van der Waals surface area contributed by atoms with Gasteiger partial charge in [-0.2, -0.15) is 0 Å². The number of nitrogens with one attached hydrogen (secondary N) is 3. The van der Waals surface area contributed by atoms with Gasteiger partial charge in [-0.1, -0.05) is 19.1 Å². The minimum atomic E-state index is -0.946. The molecule has 0 aromatic rings. The molecule has 0 aliphatic carbocycles. The Hall–Kier alpha value is -1.34. The largest absolute Gasteiger partial charge is 0.405 e. The van der Waals surface area contributed by atoms with Crippen molar-refractivity contribution in [3.8, 4) is 0 Å². The van der Waals surface area contributed by atoms with Gasteiger partial charge in [0.05, 0.1) is 12.6 Å². The van der Waals surface area contributed by atoms with Crippen molar-refractivity contribution < 1.29 is 14.3 Å². The zero-order valence-electron chi connectivity index (χ0n) is 16.3. The number of carbonyl (C=O) groups excluding carboxylic acids is 2. The summed E-state index contributed by atoms with van der Waals surface area (Å²) in [4.78, 5) is 24.3. The predicted molar refractivity (Wildman–Crippen MR) is 100 cm³/mol. The molecule has 0 fully saturated rings. The van der Waals surface area contributed by atoms with E-state index in [-0.39, 0.29) is 24.5 Å². The standard InChI is InChI=1S/C17H34BN3O3/c1-7-8-9-17(6,19-12-14(22)21-18)15(23)20-16(4,5)10-11-24-13(2)3/h8-9,13,19H,7,10-12,18H2,1-6H3,(H,20,23)(H,21,22). The van der Waals surface area contributed by atoms with Crippen LogP contribution in [0, 0.1) is 0 Å². The normalized spacial score (nSPS) is 14.6. The van der Waals surface area contributed by atoms with Crippen LogP contribution in [0.2, 0.25) is 0 Å². The van der Waals surface area contributed by atoms with Crippen LogP contribution >= 0.6 is 0 Å². The second kappa shape index (κ2) is 10.5. The van der Waals surface area contributed by atoms with Crippen LogP contribution in [0.4, 0.5) is 0 Å². The van der Waals surface area contributed by atoms with E-state index < -0.39 is 11.1 Å². The van der Waals surface area contributed by atoms with Crippen LogP contribution in [0.1, 0.15) is 54.4 Å². The lowest BCUT2D eigenvalue weighted by Gasteiger charge is -2.33. The number of hydrogen-bond acceptors (Lipinski definition) is 4. The van der Waals surface area contributed by atoms with Crippen molar-refractivity contribution in [3.05, 3.63) is 12.2 Å². The fourth-order valence-corrected chi connectivity index (χ4v) is 1.97. The van der Waals surface area contributed by atoms with E-state index in [1.165, 1.54) is 0 Å². The minimum absolute atomic E-state index is 0.0748. The maximum atomic E-state index is 12.8. The molecule has 0 aromatic carbocycles. The molecule has 0 aromatic heterocycles. The molecule has 6 nitrogen and oxygen atoms in total. The van der Waals surface area contributed by atoms with E-state index in [2.05, 4.69) is 15.9 Å². The molecule has 0 spiro atoms. The lowest BCUT2D eigenvalue weighted by atomic mass is 9.95. The average molecular weight is 339 g/mol. The quantitative estimate of drug-likeness (QED) is 0.382. The van der Waals surface area contributed by atoms with Crippen molar-refractivity contribution in [1.29, 1.82) is 0 Å². The molecule has 0 aliphatic rings. The second-order valence-electron chi connectivity index (χ2n) is 7.05. The highest BCUT2D eigenvalue weighted by molar-refractivity contribution is 6.14. The lowest BCUT2D eigenvalue weighted by Crippen LogP contribution is -2.59. The number of carbonyl (C=O) groups is 2. The first kappa shape index (κ1) is 22.7. The third-order valence-corrected chi connectivity index (χ3v) is 3.68. The van der Waals surface area contributed by atoms with E-state index in [0.717, 1.165) is 6.42 Å². The Morgan fingerprint density at radius 3 is 2.38 bits per heavy atom. The summed E-state index contributed by atoms with van der Waals surface area (Å²) in [6, 6.07) is 0. The molecule has 1 atom stereocenters. The van der Waals surface area contributed by atoms with Crippen molar-refractivity contribution in [2.45, 2.75) is 71.6 Å². The van der Waals surface area contributed by atoms with Crippen molar-refractivity contribution in [3.63, 3.8) is 0 Å². The zero-order valence-corrected chi connectivity index (χ0v) is 16.3. The Labute approximate surface area is 147 Å². The van der Waals surface area contributed by atoms with Crippen LogP contribution in [0.5, 0.6) is 0 Å². The summed E-state index contributed by atoms with van der Waals surface area (Å²) < 4.78 is 5.57. The zero-order chi connectivity index (χ0) is 18.8. The summed E-state index contributed by atoms with van der Waals surface area (Å²) in [7, 11) is 1.57. The molecular weight excluding hydrogens is 305 g/mol. The fraction of sp³-hybridized carbons (Fsp3) is 0.765. The van der Waals surface area contributed by atoms with Crippen LogP contribution in [0.25, 0.3) is 0 Å². The molecule has 0 bridgehead atoms. The predicted octanol–water partition coefficient (Wildman–Crippen LogP) is 0.675. The van der Waals surface area contributed by atoms with Crippen LogP contribution in [-0.2, 0) is 14.3 Å². The summed E-state index contributed by atoms with van der Waals surface area (Å²) in [6.07, 6.45) is 5.43. The highest BCUT2D eigenvalue weighted by atomic mass is 16.5. The monoisotopic (exact) mass is 339 g/mol. The first-order valence-corrected chi connectivity index (χ1v) is 8.64. The van der Waals surface area contributed by atoms with Crippen LogP contribution in [-0.4, -0.2) is 50.1 Å². The topological polar surface area (TPSA) is 79.5 Å². The van der Waals surface area contributed by atoms with Gasteiger partial charge in [0.15, 0.2) is 0 Å². The molecule has 2 amide bonds. The van der Waals surface area contributed by atoms with E-state index in [4.69, 9.17) is 4.74 Å². The van der Waals surface area contributed by atoms with Gasteiger partial charge in [0.1, 0.15) is 5.54 Å². The second-order valence-corrected chi connectivity index (χ2v) is 7.05. The van der Waals surface area contributed by atoms with E-state index in [1.54, 1.807) is 14.9 Å². The van der Waals surface area contributed by atoms with E-state index in [9.17, 15) is 9.59 Å². The van der Waals surface area contributed by atoms with Gasteiger partial charge in [0.2, 0.25) is 19.8 Å². The van der Waals surface area contributed by atoms with Crippen molar-refractivity contribution in [1.82, 2.24) is 15.9 Å². The average Bonchev–Trinajstić information content (AvgIpc) is 2.49. The van der Waals surface area contributed by atoms with Crippen LogP contribution in [0.3, 0.4) is 0 Å². The molecular formula is C17H34BN3O3. The van der Waals surface area contributed by atoms with E-state index in [1.807, 2.05) is 46.8 Å². The molecule has 0 rings (SSSR count). The van der Waals surface area contributed by atoms with Gasteiger partial charge < -0.3 is 15.3 Å². The molecule has 0 radical (unpaired) electrons. The molecule has 0 saturated heterocycles. The SMILES string of the molecule is BNC(=O)CNC(C)(C=CCC)C(=O)NC(C)(C)CCOC(C)C. The Kier molecular flexibility index (Phi) is 9.93.